The number of rotatable bonds is 9. The van der Waals surface area contributed by atoms with E-state index in [9.17, 15) is 0 Å². The summed E-state index contributed by atoms with van der Waals surface area (Å²) in [6.45, 7) is 9.15. The zero-order chi connectivity index (χ0) is 13.4. The molecule has 0 radical (unpaired) electrons. The zero-order valence-corrected chi connectivity index (χ0v) is 11.7. The third-order valence-corrected chi connectivity index (χ3v) is 3.46. The van der Waals surface area contributed by atoms with Crippen molar-refractivity contribution in [2.45, 2.75) is 26.3 Å². The summed E-state index contributed by atoms with van der Waals surface area (Å²) in [5, 5.41) is 21.6. The van der Waals surface area contributed by atoms with Crippen LogP contribution in [0.25, 0.3) is 0 Å². The van der Waals surface area contributed by atoms with Gasteiger partial charge in [-0.05, 0) is 6.42 Å². The lowest BCUT2D eigenvalue weighted by molar-refractivity contribution is 0.0841. The summed E-state index contributed by atoms with van der Waals surface area (Å²) in [7, 11) is 0. The highest BCUT2D eigenvalue weighted by Crippen LogP contribution is 2.29. The molecule has 0 aromatic rings. The number of nitrogens with one attached hydrogen (secondary N) is 1. The molecule has 0 aromatic heterocycles. The predicted molar refractivity (Wildman–Crippen MR) is 71.6 cm³/mol. The van der Waals surface area contributed by atoms with E-state index in [4.69, 9.17) is 14.9 Å². The second kappa shape index (κ2) is 8.07. The van der Waals surface area contributed by atoms with Crippen molar-refractivity contribution in [1.82, 2.24) is 10.2 Å². The van der Waals surface area contributed by atoms with Gasteiger partial charge in [-0.2, -0.15) is 0 Å². The highest BCUT2D eigenvalue weighted by Gasteiger charge is 2.36. The number of hydrogen-bond donors (Lipinski definition) is 3. The van der Waals surface area contributed by atoms with Crippen LogP contribution in [0.1, 0.15) is 20.3 Å². The maximum Gasteiger partial charge on any atom is 0.0558 e. The Morgan fingerprint density at radius 1 is 1.28 bits per heavy atom. The minimum atomic E-state index is 0.120. The van der Waals surface area contributed by atoms with Gasteiger partial charge in [0.2, 0.25) is 0 Å². The Balaban J connectivity index is 2.53. The Kier molecular flexibility index (Phi) is 7.11. The summed E-state index contributed by atoms with van der Waals surface area (Å²) in [6.07, 6.45) is 1.04. The van der Waals surface area contributed by atoms with Gasteiger partial charge in [0.15, 0.2) is 0 Å². The number of aliphatic hydroxyl groups is 2. The Morgan fingerprint density at radius 2 is 1.94 bits per heavy atom. The number of hydrogen-bond acceptors (Lipinski definition) is 5. The second-order valence-corrected chi connectivity index (χ2v) is 5.56. The maximum absolute atomic E-state index is 9.07. The van der Waals surface area contributed by atoms with Crippen molar-refractivity contribution in [3.63, 3.8) is 0 Å². The fraction of sp³-hybridized carbons (Fsp3) is 1.00. The first-order chi connectivity index (χ1) is 8.62. The molecule has 1 saturated heterocycles. The average Bonchev–Trinajstić information content (AvgIpc) is 2.76. The van der Waals surface area contributed by atoms with Crippen molar-refractivity contribution in [1.29, 1.82) is 0 Å². The molecule has 5 nitrogen and oxygen atoms in total. The molecule has 0 saturated carbocycles. The Hall–Kier alpha value is -0.200. The van der Waals surface area contributed by atoms with Crippen LogP contribution < -0.4 is 5.32 Å². The third kappa shape index (κ3) is 5.20. The van der Waals surface area contributed by atoms with Crippen molar-refractivity contribution in [2.24, 2.45) is 5.41 Å². The lowest BCUT2D eigenvalue weighted by Crippen LogP contribution is -2.47. The van der Waals surface area contributed by atoms with Crippen molar-refractivity contribution in [3.05, 3.63) is 0 Å². The van der Waals surface area contributed by atoms with Gasteiger partial charge in [0.25, 0.3) is 0 Å². The van der Waals surface area contributed by atoms with E-state index in [-0.39, 0.29) is 18.6 Å². The highest BCUT2D eigenvalue weighted by molar-refractivity contribution is 4.89. The van der Waals surface area contributed by atoms with Crippen LogP contribution in [-0.4, -0.2) is 73.8 Å². The van der Waals surface area contributed by atoms with E-state index < -0.39 is 0 Å². The molecule has 0 aliphatic carbocycles. The zero-order valence-electron chi connectivity index (χ0n) is 11.7. The van der Waals surface area contributed by atoms with Gasteiger partial charge in [0, 0.05) is 44.2 Å². The molecule has 1 unspecified atom stereocenters. The number of aliphatic hydroxyl groups excluding tert-OH is 2. The van der Waals surface area contributed by atoms with Crippen molar-refractivity contribution in [2.75, 3.05) is 52.6 Å². The highest BCUT2D eigenvalue weighted by atomic mass is 16.5. The predicted octanol–water partition coefficient (Wildman–Crippen LogP) is -0.322. The van der Waals surface area contributed by atoms with E-state index in [0.717, 1.165) is 32.7 Å². The SMILES string of the molecule is CC(C)NCC1(CN(CCO)CCO)CCOC1. The van der Waals surface area contributed by atoms with Gasteiger partial charge in [0.1, 0.15) is 0 Å². The minimum absolute atomic E-state index is 0.120. The van der Waals surface area contributed by atoms with E-state index >= 15 is 0 Å². The van der Waals surface area contributed by atoms with Crippen LogP contribution in [0.2, 0.25) is 0 Å². The molecule has 1 fully saturated rings. The smallest absolute Gasteiger partial charge is 0.0558 e. The fourth-order valence-electron chi connectivity index (χ4n) is 2.42. The van der Waals surface area contributed by atoms with Crippen molar-refractivity contribution in [3.8, 4) is 0 Å². The molecule has 1 aliphatic rings. The van der Waals surface area contributed by atoms with Crippen LogP contribution in [0, 0.1) is 5.41 Å². The molecule has 3 N–H and O–H groups in total. The lowest BCUT2D eigenvalue weighted by Gasteiger charge is -2.34. The van der Waals surface area contributed by atoms with E-state index in [1.807, 2.05) is 0 Å². The van der Waals surface area contributed by atoms with Crippen LogP contribution in [0.15, 0.2) is 0 Å². The summed E-state index contributed by atoms with van der Waals surface area (Å²) in [6, 6.07) is 0.464. The fourth-order valence-corrected chi connectivity index (χ4v) is 2.42. The lowest BCUT2D eigenvalue weighted by atomic mass is 9.86. The van der Waals surface area contributed by atoms with Gasteiger partial charge >= 0.3 is 0 Å². The van der Waals surface area contributed by atoms with Crippen LogP contribution in [0.4, 0.5) is 0 Å². The Labute approximate surface area is 110 Å². The van der Waals surface area contributed by atoms with Crippen LogP contribution >= 0.6 is 0 Å². The molecular formula is C13H28N2O3. The van der Waals surface area contributed by atoms with Gasteiger partial charge < -0.3 is 20.3 Å². The summed E-state index contributed by atoms with van der Waals surface area (Å²) in [5.41, 5.74) is 0.120. The molecule has 1 aliphatic heterocycles. The van der Waals surface area contributed by atoms with Crippen LogP contribution in [0.5, 0.6) is 0 Å². The monoisotopic (exact) mass is 260 g/mol. The van der Waals surface area contributed by atoms with E-state index in [1.165, 1.54) is 0 Å². The van der Waals surface area contributed by atoms with E-state index in [1.54, 1.807) is 0 Å². The molecule has 0 spiro atoms. The molecule has 1 rings (SSSR count). The summed E-state index contributed by atoms with van der Waals surface area (Å²) in [4.78, 5) is 2.12. The van der Waals surface area contributed by atoms with Crippen LogP contribution in [-0.2, 0) is 4.74 Å². The normalized spacial score (nSPS) is 24.3. The Morgan fingerprint density at radius 3 is 2.39 bits per heavy atom. The van der Waals surface area contributed by atoms with E-state index in [0.29, 0.717) is 19.1 Å². The standard InChI is InChI=1S/C13H28N2O3/c1-12(2)14-9-13(3-8-18-11-13)10-15(4-6-16)5-7-17/h12,14,16-17H,3-11H2,1-2H3. The van der Waals surface area contributed by atoms with Gasteiger partial charge in [-0.15, -0.1) is 0 Å². The molecule has 0 amide bonds. The topological polar surface area (TPSA) is 65.0 Å². The molecule has 0 bridgehead atoms. The maximum atomic E-state index is 9.07. The van der Waals surface area contributed by atoms with Crippen molar-refractivity contribution < 1.29 is 14.9 Å². The molecule has 1 heterocycles. The number of ether oxygens (including phenoxy) is 1. The number of nitrogens with zero attached hydrogens (tertiary/aromatic N) is 1. The molecule has 108 valence electrons. The molecule has 0 aromatic carbocycles. The summed E-state index contributed by atoms with van der Waals surface area (Å²) >= 11 is 0. The first kappa shape index (κ1) is 15.9. The van der Waals surface area contributed by atoms with Crippen molar-refractivity contribution >= 4 is 0 Å². The van der Waals surface area contributed by atoms with Gasteiger partial charge in [-0.1, -0.05) is 13.8 Å². The van der Waals surface area contributed by atoms with Gasteiger partial charge in [-0.25, -0.2) is 0 Å². The van der Waals surface area contributed by atoms with E-state index in [2.05, 4.69) is 24.1 Å². The molecule has 5 heteroatoms. The average molecular weight is 260 g/mol. The first-order valence-electron chi connectivity index (χ1n) is 6.87. The minimum Gasteiger partial charge on any atom is -0.395 e. The largest absolute Gasteiger partial charge is 0.395 e. The summed E-state index contributed by atoms with van der Waals surface area (Å²) < 4.78 is 5.56. The first-order valence-corrected chi connectivity index (χ1v) is 6.87. The second-order valence-electron chi connectivity index (χ2n) is 5.56. The Bertz CT molecular complexity index is 212. The summed E-state index contributed by atoms with van der Waals surface area (Å²) in [5.74, 6) is 0. The quantitative estimate of drug-likeness (QED) is 0.530. The van der Waals surface area contributed by atoms with Gasteiger partial charge in [0.05, 0.1) is 19.8 Å². The third-order valence-electron chi connectivity index (χ3n) is 3.46. The molecule has 1 atom stereocenters. The molecule has 18 heavy (non-hydrogen) atoms. The van der Waals surface area contributed by atoms with Gasteiger partial charge in [-0.3, -0.25) is 4.90 Å². The molecular weight excluding hydrogens is 232 g/mol. The van der Waals surface area contributed by atoms with Crippen LogP contribution in [0.3, 0.4) is 0 Å².